The third kappa shape index (κ3) is 3.30. The van der Waals surface area contributed by atoms with Crippen molar-refractivity contribution in [1.82, 2.24) is 0 Å². The molecule has 0 unspecified atom stereocenters. The maximum atomic E-state index is 10.1. The van der Waals surface area contributed by atoms with Crippen LogP contribution >= 0.6 is 0 Å². The molecule has 0 saturated carbocycles. The molecule has 0 amide bonds. The van der Waals surface area contributed by atoms with Crippen LogP contribution in [0.4, 0.5) is 0 Å². The van der Waals surface area contributed by atoms with Gasteiger partial charge in [-0.05, 0) is 6.92 Å². The molecule has 0 aromatic heterocycles. The normalized spacial score (nSPS) is 8.29. The second-order valence-electron chi connectivity index (χ2n) is 1.07. The van der Waals surface area contributed by atoms with E-state index in [1.54, 1.807) is 6.92 Å². The molecule has 0 aliphatic carbocycles. The molecule has 1 radical (unpaired) electrons. The van der Waals surface area contributed by atoms with Gasteiger partial charge in [-0.3, -0.25) is 4.79 Å². The summed E-state index contributed by atoms with van der Waals surface area (Å²) in [7, 11) is 0. The largest absolute Gasteiger partial charge is 1.00 e. The van der Waals surface area contributed by atoms with Crippen LogP contribution in [0, 0.1) is 6.92 Å². The van der Waals surface area contributed by atoms with Crippen molar-refractivity contribution in [2.45, 2.75) is 13.3 Å². The fourth-order valence-electron chi connectivity index (χ4n) is 0.216. The van der Waals surface area contributed by atoms with Crippen LogP contribution in [0.15, 0.2) is 0 Å². The molecule has 0 bridgehead atoms. The Kier molecular flexibility index (Phi) is 3.38. The van der Waals surface area contributed by atoms with Gasteiger partial charge in [-0.15, -0.1) is 0 Å². The Morgan fingerprint density at radius 2 is 2.57 bits per heavy atom. The summed E-state index contributed by atoms with van der Waals surface area (Å²) in [4.78, 5) is 10.1. The maximum absolute atomic E-state index is 10.1. The smallest absolute Gasteiger partial charge is 0.466 e. The maximum Gasteiger partial charge on any atom is 1.00 e. The lowest BCUT2D eigenvalue weighted by molar-refractivity contribution is -0.142. The van der Waals surface area contributed by atoms with Crippen molar-refractivity contribution in [2.24, 2.45) is 0 Å². The summed E-state index contributed by atoms with van der Waals surface area (Å²) in [6, 6.07) is 0. The van der Waals surface area contributed by atoms with Crippen molar-refractivity contribution in [2.75, 3.05) is 6.61 Å². The quantitative estimate of drug-likeness (QED) is 0.484. The SMILES string of the molecule is [CH2]COC(=O)CC.[H+]. The molecule has 41 valence electrons. The lowest BCUT2D eigenvalue weighted by Gasteiger charge is -1.93. The van der Waals surface area contributed by atoms with E-state index in [0.717, 1.165) is 0 Å². The van der Waals surface area contributed by atoms with Gasteiger partial charge in [-0.1, -0.05) is 6.92 Å². The van der Waals surface area contributed by atoms with Gasteiger partial charge in [0, 0.05) is 6.42 Å². The molecule has 0 rings (SSSR count). The lowest BCUT2D eigenvalue weighted by Crippen LogP contribution is -2.00. The van der Waals surface area contributed by atoms with Crippen LogP contribution in [-0.4, -0.2) is 12.6 Å². The molecule has 7 heavy (non-hydrogen) atoms. The van der Waals surface area contributed by atoms with Gasteiger partial charge in [0.05, 0.1) is 6.61 Å². The molecule has 0 atom stereocenters. The Hall–Kier alpha value is -0.530. The molecule has 2 heteroatoms. The fraction of sp³-hybridized carbons (Fsp3) is 0.600. The molecular weight excluding hydrogens is 92.1 g/mol. The molecule has 0 N–H and O–H groups in total. The van der Waals surface area contributed by atoms with E-state index < -0.39 is 0 Å². The first-order valence-electron chi connectivity index (χ1n) is 2.26. The van der Waals surface area contributed by atoms with Crippen LogP contribution < -0.4 is 0 Å². The van der Waals surface area contributed by atoms with E-state index in [0.29, 0.717) is 6.42 Å². The predicted octanol–water partition coefficient (Wildman–Crippen LogP) is 0.886. The number of carbonyl (C=O) groups excluding carboxylic acids is 1. The van der Waals surface area contributed by atoms with Crippen LogP contribution in [0.5, 0.6) is 0 Å². The minimum Gasteiger partial charge on any atom is -0.466 e. The van der Waals surface area contributed by atoms with Crippen molar-refractivity contribution in [3.05, 3.63) is 6.92 Å². The average Bonchev–Trinajstić information content (AvgIpc) is 1.68. The van der Waals surface area contributed by atoms with Gasteiger partial charge in [0.25, 0.3) is 0 Å². The Bertz CT molecular complexity index is 63.4. The minimum atomic E-state index is -0.185. The number of hydrogen-bond acceptors (Lipinski definition) is 2. The number of rotatable bonds is 2. The highest BCUT2D eigenvalue weighted by atomic mass is 16.5. The zero-order chi connectivity index (χ0) is 5.70. The summed E-state index contributed by atoms with van der Waals surface area (Å²) in [6.45, 7) is 5.32. The first kappa shape index (κ1) is 6.47. The van der Waals surface area contributed by atoms with E-state index in [9.17, 15) is 4.79 Å². The summed E-state index contributed by atoms with van der Waals surface area (Å²) >= 11 is 0. The molecule has 0 aromatic rings. The van der Waals surface area contributed by atoms with Crippen LogP contribution in [-0.2, 0) is 9.53 Å². The van der Waals surface area contributed by atoms with Crippen LogP contribution in [0.2, 0.25) is 0 Å². The summed E-state index contributed by atoms with van der Waals surface area (Å²) in [5.41, 5.74) is 0. The first-order valence-corrected chi connectivity index (χ1v) is 2.26. The van der Waals surface area contributed by atoms with Crippen LogP contribution in [0.1, 0.15) is 14.8 Å². The van der Waals surface area contributed by atoms with Gasteiger partial charge in [-0.2, -0.15) is 0 Å². The zero-order valence-electron chi connectivity index (χ0n) is 5.44. The molecule has 0 aliphatic heterocycles. The molecule has 0 heterocycles. The van der Waals surface area contributed by atoms with Crippen molar-refractivity contribution < 1.29 is 11.0 Å². The molecule has 0 spiro atoms. The molecule has 0 aliphatic rings. The predicted molar refractivity (Wildman–Crippen MR) is 27.7 cm³/mol. The standard InChI is InChI=1S/C5H9O2/c1-3-5(6)7-4-2/h2-4H2,1H3/p+1. The van der Waals surface area contributed by atoms with E-state index in [2.05, 4.69) is 11.7 Å². The zero-order valence-corrected chi connectivity index (χ0v) is 4.44. The molecule has 0 fully saturated rings. The average molecular weight is 102 g/mol. The van der Waals surface area contributed by atoms with E-state index in [-0.39, 0.29) is 14.0 Å². The van der Waals surface area contributed by atoms with Crippen LogP contribution in [0.25, 0.3) is 0 Å². The van der Waals surface area contributed by atoms with E-state index >= 15 is 0 Å². The number of esters is 1. The Morgan fingerprint density at radius 1 is 2.00 bits per heavy atom. The van der Waals surface area contributed by atoms with Gasteiger partial charge in [-0.25, -0.2) is 0 Å². The van der Waals surface area contributed by atoms with E-state index in [1.807, 2.05) is 0 Å². The summed E-state index contributed by atoms with van der Waals surface area (Å²) < 4.78 is 4.44. The van der Waals surface area contributed by atoms with Crippen molar-refractivity contribution in [3.8, 4) is 0 Å². The van der Waals surface area contributed by atoms with Crippen LogP contribution in [0.3, 0.4) is 0 Å². The first-order chi connectivity index (χ1) is 3.31. The summed E-state index contributed by atoms with van der Waals surface area (Å²) in [6.07, 6.45) is 0.440. The second kappa shape index (κ2) is 3.65. The Morgan fingerprint density at radius 3 is 2.71 bits per heavy atom. The molecular formula is C5H10O2+. The van der Waals surface area contributed by atoms with Gasteiger partial charge in [0.2, 0.25) is 0 Å². The van der Waals surface area contributed by atoms with E-state index in [1.165, 1.54) is 0 Å². The molecule has 2 nitrogen and oxygen atoms in total. The highest BCUT2D eigenvalue weighted by Crippen LogP contribution is 1.80. The van der Waals surface area contributed by atoms with Gasteiger partial charge < -0.3 is 4.74 Å². The topological polar surface area (TPSA) is 26.3 Å². The highest BCUT2D eigenvalue weighted by Gasteiger charge is 1.91. The van der Waals surface area contributed by atoms with Crippen molar-refractivity contribution in [1.29, 1.82) is 0 Å². The lowest BCUT2D eigenvalue weighted by atomic mass is 10.5. The minimum absolute atomic E-state index is 0. The Balaban J connectivity index is 0. The number of carbonyl (C=O) groups is 1. The number of ether oxygens (including phenoxy) is 1. The monoisotopic (exact) mass is 102 g/mol. The van der Waals surface area contributed by atoms with Gasteiger partial charge >= 0.3 is 7.40 Å². The van der Waals surface area contributed by atoms with Crippen molar-refractivity contribution >= 4 is 5.97 Å². The fourth-order valence-corrected chi connectivity index (χ4v) is 0.216. The summed E-state index contributed by atoms with van der Waals surface area (Å²) in [5.74, 6) is -0.185. The second-order valence-corrected chi connectivity index (χ2v) is 1.07. The van der Waals surface area contributed by atoms with Gasteiger partial charge in [0.15, 0.2) is 0 Å². The van der Waals surface area contributed by atoms with Gasteiger partial charge in [0.1, 0.15) is 0 Å². The molecule has 0 aromatic carbocycles. The Labute approximate surface area is 45.0 Å². The number of hydrogen-bond donors (Lipinski definition) is 0. The summed E-state index contributed by atoms with van der Waals surface area (Å²) in [5, 5.41) is 0. The van der Waals surface area contributed by atoms with Crippen molar-refractivity contribution in [3.63, 3.8) is 0 Å². The third-order valence-electron chi connectivity index (χ3n) is 0.552. The highest BCUT2D eigenvalue weighted by molar-refractivity contribution is 5.68. The molecule has 0 saturated heterocycles. The van der Waals surface area contributed by atoms with E-state index in [4.69, 9.17) is 0 Å². The third-order valence-corrected chi connectivity index (χ3v) is 0.552.